The number of fused-ring (bicyclic) bond motifs is 1. The number of nitrogens with zero attached hydrogens (tertiary/aromatic N) is 3. The molecule has 0 fully saturated rings. The molecule has 0 radical (unpaired) electrons. The molecule has 0 saturated heterocycles. The van der Waals surface area contributed by atoms with Gasteiger partial charge in [0.1, 0.15) is 5.03 Å². The van der Waals surface area contributed by atoms with Crippen molar-refractivity contribution in [3.8, 4) is 0 Å². The number of hydrogen-bond acceptors (Lipinski definition) is 4. The number of thioether (sulfide) groups is 1. The number of anilines is 1. The Kier molecular flexibility index (Phi) is 5.09. The maximum Gasteiger partial charge on any atom is 0.416 e. The Hall–Kier alpha value is -2.80. The number of halogens is 3. The number of alkyl halides is 3. The number of rotatable bonds is 3. The van der Waals surface area contributed by atoms with Crippen molar-refractivity contribution in [2.75, 3.05) is 4.90 Å². The minimum atomic E-state index is -4.36. The number of pyridine rings is 1. The van der Waals surface area contributed by atoms with Crippen LogP contribution in [0.2, 0.25) is 0 Å². The Morgan fingerprint density at radius 1 is 0.929 bits per heavy atom. The van der Waals surface area contributed by atoms with Crippen LogP contribution in [0, 0.1) is 0 Å². The lowest BCUT2D eigenvalue weighted by atomic mass is 10.1. The molecule has 2 heterocycles. The molecule has 3 nitrogen and oxygen atoms in total. The molecule has 0 bridgehead atoms. The molecule has 0 amide bonds. The number of amidine groups is 1. The van der Waals surface area contributed by atoms with E-state index in [4.69, 9.17) is 0 Å². The van der Waals surface area contributed by atoms with Gasteiger partial charge in [-0.1, -0.05) is 36.4 Å². The van der Waals surface area contributed by atoms with E-state index in [0.717, 1.165) is 33.5 Å². The Bertz CT molecular complexity index is 986. The number of hydrogen-bond donors (Lipinski definition) is 0. The summed E-state index contributed by atoms with van der Waals surface area (Å²) in [5.74, 6) is 0. The summed E-state index contributed by atoms with van der Waals surface area (Å²) in [5, 5.41) is 1.59. The number of aromatic nitrogens is 1. The highest BCUT2D eigenvalue weighted by Gasteiger charge is 2.30. The van der Waals surface area contributed by atoms with Crippen molar-refractivity contribution in [2.24, 2.45) is 4.99 Å². The van der Waals surface area contributed by atoms with E-state index >= 15 is 0 Å². The largest absolute Gasteiger partial charge is 0.416 e. The van der Waals surface area contributed by atoms with Gasteiger partial charge in [0, 0.05) is 17.4 Å². The first-order chi connectivity index (χ1) is 13.5. The molecule has 1 aliphatic heterocycles. The van der Waals surface area contributed by atoms with E-state index in [9.17, 15) is 13.2 Å². The third-order valence-electron chi connectivity index (χ3n) is 4.34. The summed E-state index contributed by atoms with van der Waals surface area (Å²) >= 11 is 1.43. The average molecular weight is 399 g/mol. The molecular formula is C21H16F3N3S. The summed E-state index contributed by atoms with van der Waals surface area (Å²) in [6.07, 6.45) is -2.63. The van der Waals surface area contributed by atoms with Crippen LogP contribution in [0.1, 0.15) is 16.7 Å². The molecule has 1 aliphatic rings. The SMILES string of the molecule is FC(F)(F)c1ccc(N(Cc2ccccc2)C2=NCc3cccnc3S2)cc1. The molecule has 0 atom stereocenters. The molecule has 2 aromatic carbocycles. The standard InChI is InChI=1S/C21H16F3N3S/c22-21(23,24)17-8-10-18(11-9-17)27(14-15-5-2-1-3-6-15)20-26-13-16-7-4-12-25-19(16)28-20/h1-12H,13-14H2. The summed E-state index contributed by atoms with van der Waals surface area (Å²) < 4.78 is 38.8. The Labute approximate surface area is 164 Å². The zero-order chi connectivity index (χ0) is 19.6. The second-order valence-corrected chi connectivity index (χ2v) is 7.24. The van der Waals surface area contributed by atoms with Crippen molar-refractivity contribution in [1.29, 1.82) is 0 Å². The van der Waals surface area contributed by atoms with Crippen LogP contribution in [-0.2, 0) is 19.3 Å². The zero-order valence-electron chi connectivity index (χ0n) is 14.7. The van der Waals surface area contributed by atoms with Gasteiger partial charge in [0.2, 0.25) is 0 Å². The molecule has 0 unspecified atom stereocenters. The molecule has 4 rings (SSSR count). The first kappa shape index (κ1) is 18.6. The molecule has 28 heavy (non-hydrogen) atoms. The van der Waals surface area contributed by atoms with Crippen LogP contribution >= 0.6 is 11.8 Å². The van der Waals surface area contributed by atoms with Crippen molar-refractivity contribution in [1.82, 2.24) is 4.98 Å². The Morgan fingerprint density at radius 3 is 2.39 bits per heavy atom. The van der Waals surface area contributed by atoms with E-state index in [0.29, 0.717) is 18.8 Å². The van der Waals surface area contributed by atoms with Gasteiger partial charge >= 0.3 is 6.18 Å². The van der Waals surface area contributed by atoms with E-state index < -0.39 is 11.7 Å². The molecule has 142 valence electrons. The van der Waals surface area contributed by atoms with Crippen LogP contribution in [0.5, 0.6) is 0 Å². The van der Waals surface area contributed by atoms with Crippen molar-refractivity contribution in [2.45, 2.75) is 24.3 Å². The first-order valence-corrected chi connectivity index (χ1v) is 9.47. The molecule has 0 aliphatic carbocycles. The molecule has 0 spiro atoms. The van der Waals surface area contributed by atoms with Gasteiger partial charge in [-0.15, -0.1) is 0 Å². The smallest absolute Gasteiger partial charge is 0.316 e. The Morgan fingerprint density at radius 2 is 1.68 bits per heavy atom. The van der Waals surface area contributed by atoms with Crippen LogP contribution in [-0.4, -0.2) is 10.2 Å². The van der Waals surface area contributed by atoms with Gasteiger partial charge < -0.3 is 4.90 Å². The number of benzene rings is 2. The fourth-order valence-corrected chi connectivity index (χ4v) is 3.87. The van der Waals surface area contributed by atoms with E-state index in [-0.39, 0.29) is 0 Å². The zero-order valence-corrected chi connectivity index (χ0v) is 15.5. The first-order valence-electron chi connectivity index (χ1n) is 8.65. The topological polar surface area (TPSA) is 28.5 Å². The van der Waals surface area contributed by atoms with E-state index in [1.807, 2.05) is 47.4 Å². The predicted octanol–water partition coefficient (Wildman–Crippen LogP) is 5.77. The van der Waals surface area contributed by atoms with Gasteiger partial charge in [-0.2, -0.15) is 13.2 Å². The summed E-state index contributed by atoms with van der Waals surface area (Å²) in [6.45, 7) is 0.998. The summed E-state index contributed by atoms with van der Waals surface area (Å²) in [5.41, 5.74) is 2.07. The summed E-state index contributed by atoms with van der Waals surface area (Å²) in [6, 6.07) is 18.8. The maximum absolute atomic E-state index is 12.9. The molecule has 7 heteroatoms. The molecule has 0 N–H and O–H groups in total. The Balaban J connectivity index is 1.68. The lowest BCUT2D eigenvalue weighted by molar-refractivity contribution is -0.137. The maximum atomic E-state index is 12.9. The third-order valence-corrected chi connectivity index (χ3v) is 5.44. The van der Waals surface area contributed by atoms with Crippen LogP contribution in [0.15, 0.2) is 82.9 Å². The van der Waals surface area contributed by atoms with E-state index in [2.05, 4.69) is 9.98 Å². The summed E-state index contributed by atoms with van der Waals surface area (Å²) in [7, 11) is 0. The number of aliphatic imine (C=N–C) groups is 1. The lowest BCUT2D eigenvalue weighted by Gasteiger charge is -2.28. The van der Waals surface area contributed by atoms with Crippen molar-refractivity contribution in [3.05, 3.63) is 89.6 Å². The van der Waals surface area contributed by atoms with Gasteiger partial charge in [0.25, 0.3) is 0 Å². The van der Waals surface area contributed by atoms with Crippen LogP contribution in [0.25, 0.3) is 0 Å². The highest BCUT2D eigenvalue weighted by molar-refractivity contribution is 8.14. The molecule has 1 aromatic heterocycles. The fraction of sp³-hybridized carbons (Fsp3) is 0.143. The van der Waals surface area contributed by atoms with Gasteiger partial charge in [0.15, 0.2) is 5.17 Å². The monoisotopic (exact) mass is 399 g/mol. The average Bonchev–Trinajstić information content (AvgIpc) is 2.72. The molecule has 3 aromatic rings. The van der Waals surface area contributed by atoms with Crippen LogP contribution in [0.4, 0.5) is 18.9 Å². The quantitative estimate of drug-likeness (QED) is 0.560. The van der Waals surface area contributed by atoms with Gasteiger partial charge in [-0.05, 0) is 47.7 Å². The second kappa shape index (κ2) is 7.67. The van der Waals surface area contributed by atoms with Crippen LogP contribution in [0.3, 0.4) is 0 Å². The molecule has 0 saturated carbocycles. The van der Waals surface area contributed by atoms with Gasteiger partial charge in [-0.3, -0.25) is 4.99 Å². The minimum absolute atomic E-state index is 0.497. The van der Waals surface area contributed by atoms with E-state index in [1.54, 1.807) is 6.20 Å². The van der Waals surface area contributed by atoms with Gasteiger partial charge in [0.05, 0.1) is 18.7 Å². The van der Waals surface area contributed by atoms with Crippen molar-refractivity contribution in [3.63, 3.8) is 0 Å². The normalized spacial score (nSPS) is 13.6. The van der Waals surface area contributed by atoms with Gasteiger partial charge in [-0.25, -0.2) is 4.98 Å². The third kappa shape index (κ3) is 4.04. The van der Waals surface area contributed by atoms with E-state index in [1.165, 1.54) is 23.9 Å². The fourth-order valence-electron chi connectivity index (χ4n) is 2.91. The highest BCUT2D eigenvalue weighted by Crippen LogP contribution is 2.34. The highest BCUT2D eigenvalue weighted by atomic mass is 32.2. The van der Waals surface area contributed by atoms with Crippen molar-refractivity contribution < 1.29 is 13.2 Å². The van der Waals surface area contributed by atoms with Crippen LogP contribution < -0.4 is 4.90 Å². The minimum Gasteiger partial charge on any atom is -0.316 e. The second-order valence-electron chi connectivity index (χ2n) is 6.28. The van der Waals surface area contributed by atoms with Crippen molar-refractivity contribution >= 4 is 22.6 Å². The molecular weight excluding hydrogens is 383 g/mol. The predicted molar refractivity (Wildman–Crippen MR) is 105 cm³/mol. The lowest BCUT2D eigenvalue weighted by Crippen LogP contribution is -2.29. The summed E-state index contributed by atoms with van der Waals surface area (Å²) in [4.78, 5) is 11.0.